The molecule has 1 atom stereocenters. The average Bonchev–Trinajstić information content (AvgIpc) is 3.33. The summed E-state index contributed by atoms with van der Waals surface area (Å²) in [4.78, 5) is 21.3. The summed E-state index contributed by atoms with van der Waals surface area (Å²) in [6, 6.07) is 27.4. The van der Waals surface area contributed by atoms with Gasteiger partial charge in [0, 0.05) is 62.2 Å². The summed E-state index contributed by atoms with van der Waals surface area (Å²) < 4.78 is 0. The molecule has 4 aromatic rings. The second-order valence-electron chi connectivity index (χ2n) is 9.45. The number of hydrogen-bond acceptors (Lipinski definition) is 2. The molecule has 1 aromatic heterocycles. The first-order valence-corrected chi connectivity index (χ1v) is 12.5. The molecule has 0 spiro atoms. The highest BCUT2D eigenvalue weighted by Gasteiger charge is 2.26. The molecule has 5 rings (SSSR count). The summed E-state index contributed by atoms with van der Waals surface area (Å²) in [6.07, 6.45) is 6.96. The van der Waals surface area contributed by atoms with Gasteiger partial charge >= 0.3 is 0 Å². The van der Waals surface area contributed by atoms with Crippen LogP contribution in [0.3, 0.4) is 0 Å². The molecule has 1 N–H and O–H groups in total. The summed E-state index contributed by atoms with van der Waals surface area (Å²) in [5.41, 5.74) is 5.96. The Kier molecular flexibility index (Phi) is 7.10. The fourth-order valence-electron chi connectivity index (χ4n) is 4.97. The van der Waals surface area contributed by atoms with Crippen LogP contribution < -0.4 is 0 Å². The van der Waals surface area contributed by atoms with Crippen molar-refractivity contribution in [3.05, 3.63) is 113 Å². The van der Waals surface area contributed by atoms with Crippen LogP contribution in [0.4, 0.5) is 0 Å². The van der Waals surface area contributed by atoms with E-state index in [0.29, 0.717) is 6.42 Å². The molecule has 4 nitrogen and oxygen atoms in total. The number of piperazine rings is 1. The molecular formula is C31H33N3O. The molecule has 1 amide bonds. The number of hydrogen-bond donors (Lipinski definition) is 1. The van der Waals surface area contributed by atoms with Crippen LogP contribution in [-0.4, -0.2) is 53.4 Å². The Morgan fingerprint density at radius 2 is 1.63 bits per heavy atom. The molecule has 1 aliphatic heterocycles. The van der Waals surface area contributed by atoms with Crippen molar-refractivity contribution >= 4 is 22.9 Å². The molecule has 0 saturated carbocycles. The predicted molar refractivity (Wildman–Crippen MR) is 144 cm³/mol. The number of benzene rings is 3. The van der Waals surface area contributed by atoms with Gasteiger partial charge in [0.1, 0.15) is 0 Å². The standard InChI is InChI=1S/C31H33N3O/c1-24-13-15-26(16-14-24)28(29-23-32-30-12-6-5-11-27(29)30)22-31(35)34-20-18-33(19-21-34)17-7-10-25-8-3-2-4-9-25/h2-16,23,28,32H,17-22H2,1H3/b10-7+/t28-/m0/s1. The second kappa shape index (κ2) is 10.7. The predicted octanol–water partition coefficient (Wildman–Crippen LogP) is 5.86. The van der Waals surface area contributed by atoms with Crippen LogP contribution in [0.15, 0.2) is 91.1 Å². The van der Waals surface area contributed by atoms with E-state index in [1.165, 1.54) is 27.6 Å². The molecule has 0 bridgehead atoms. The van der Waals surface area contributed by atoms with Crippen molar-refractivity contribution in [3.8, 4) is 0 Å². The van der Waals surface area contributed by atoms with E-state index in [-0.39, 0.29) is 11.8 Å². The van der Waals surface area contributed by atoms with E-state index in [1.807, 2.05) is 17.0 Å². The molecule has 3 aromatic carbocycles. The largest absolute Gasteiger partial charge is 0.361 e. The van der Waals surface area contributed by atoms with Crippen LogP contribution in [0.1, 0.15) is 34.6 Å². The first kappa shape index (κ1) is 23.1. The summed E-state index contributed by atoms with van der Waals surface area (Å²) >= 11 is 0. The number of aromatic nitrogens is 1. The van der Waals surface area contributed by atoms with Crippen molar-refractivity contribution < 1.29 is 4.79 Å². The number of amides is 1. The summed E-state index contributed by atoms with van der Waals surface area (Å²) in [5, 5.41) is 1.20. The van der Waals surface area contributed by atoms with Crippen molar-refractivity contribution in [1.29, 1.82) is 0 Å². The van der Waals surface area contributed by atoms with Crippen LogP contribution in [0.2, 0.25) is 0 Å². The number of nitrogens with one attached hydrogen (secondary N) is 1. The zero-order valence-electron chi connectivity index (χ0n) is 20.4. The smallest absolute Gasteiger partial charge is 0.223 e. The van der Waals surface area contributed by atoms with Crippen LogP contribution in [-0.2, 0) is 4.79 Å². The highest BCUT2D eigenvalue weighted by atomic mass is 16.2. The topological polar surface area (TPSA) is 39.3 Å². The number of fused-ring (bicyclic) bond motifs is 1. The van der Waals surface area contributed by atoms with Gasteiger partial charge in [-0.25, -0.2) is 0 Å². The number of aryl methyl sites for hydroxylation is 1. The van der Waals surface area contributed by atoms with Crippen LogP contribution >= 0.6 is 0 Å². The lowest BCUT2D eigenvalue weighted by Gasteiger charge is -2.35. The van der Waals surface area contributed by atoms with Crippen molar-refractivity contribution in [2.24, 2.45) is 0 Å². The van der Waals surface area contributed by atoms with Gasteiger partial charge in [0.15, 0.2) is 0 Å². The number of rotatable bonds is 7. The SMILES string of the molecule is Cc1ccc([C@H](CC(=O)N2CCN(C/C=C/c3ccccc3)CC2)c2c[nH]c3ccccc23)cc1. The van der Waals surface area contributed by atoms with E-state index in [9.17, 15) is 4.79 Å². The number of aromatic amines is 1. The number of carbonyl (C=O) groups is 1. The van der Waals surface area contributed by atoms with Gasteiger partial charge in [0.25, 0.3) is 0 Å². The van der Waals surface area contributed by atoms with Crippen molar-refractivity contribution in [1.82, 2.24) is 14.8 Å². The lowest BCUT2D eigenvalue weighted by Crippen LogP contribution is -2.48. The maximum atomic E-state index is 13.5. The number of H-pyrrole nitrogens is 1. The van der Waals surface area contributed by atoms with Crippen molar-refractivity contribution in [2.75, 3.05) is 32.7 Å². The lowest BCUT2D eigenvalue weighted by atomic mass is 9.87. The third-order valence-corrected chi connectivity index (χ3v) is 7.05. The summed E-state index contributed by atoms with van der Waals surface area (Å²) in [6.45, 7) is 6.40. The minimum atomic E-state index is 0.0334. The molecule has 0 radical (unpaired) electrons. The highest BCUT2D eigenvalue weighted by molar-refractivity contribution is 5.86. The van der Waals surface area contributed by atoms with E-state index in [1.54, 1.807) is 0 Å². The first-order valence-electron chi connectivity index (χ1n) is 12.5. The summed E-state index contributed by atoms with van der Waals surface area (Å²) in [5.74, 6) is 0.270. The van der Waals surface area contributed by atoms with Gasteiger partial charge in [-0.3, -0.25) is 9.69 Å². The zero-order valence-corrected chi connectivity index (χ0v) is 20.4. The van der Waals surface area contributed by atoms with E-state index < -0.39 is 0 Å². The quantitative estimate of drug-likeness (QED) is 0.373. The highest BCUT2D eigenvalue weighted by Crippen LogP contribution is 2.34. The van der Waals surface area contributed by atoms with Gasteiger partial charge in [-0.1, -0.05) is 90.5 Å². The molecule has 178 valence electrons. The number of nitrogens with zero attached hydrogens (tertiary/aromatic N) is 2. The minimum Gasteiger partial charge on any atom is -0.361 e. The van der Waals surface area contributed by atoms with Gasteiger partial charge in [-0.15, -0.1) is 0 Å². The first-order chi connectivity index (χ1) is 17.2. The molecule has 1 saturated heterocycles. The fraction of sp³-hybridized carbons (Fsp3) is 0.258. The van der Waals surface area contributed by atoms with Gasteiger partial charge in [0.2, 0.25) is 5.91 Å². The normalized spacial score (nSPS) is 15.6. The maximum absolute atomic E-state index is 13.5. The van der Waals surface area contributed by atoms with E-state index >= 15 is 0 Å². The van der Waals surface area contributed by atoms with E-state index in [0.717, 1.165) is 38.2 Å². The second-order valence-corrected chi connectivity index (χ2v) is 9.45. The van der Waals surface area contributed by atoms with E-state index in [2.05, 4.69) is 102 Å². The Morgan fingerprint density at radius 3 is 2.40 bits per heavy atom. The molecule has 0 unspecified atom stereocenters. The number of para-hydroxylation sites is 1. The lowest BCUT2D eigenvalue weighted by molar-refractivity contribution is -0.133. The minimum absolute atomic E-state index is 0.0334. The van der Waals surface area contributed by atoms with Crippen LogP contribution in [0.25, 0.3) is 17.0 Å². The fourth-order valence-corrected chi connectivity index (χ4v) is 4.97. The molecule has 0 aliphatic carbocycles. The van der Waals surface area contributed by atoms with E-state index in [4.69, 9.17) is 0 Å². The van der Waals surface area contributed by atoms with Gasteiger partial charge < -0.3 is 9.88 Å². The van der Waals surface area contributed by atoms with Crippen molar-refractivity contribution in [2.45, 2.75) is 19.3 Å². The molecular weight excluding hydrogens is 430 g/mol. The Hall–Kier alpha value is -3.63. The Bertz CT molecular complexity index is 1280. The Labute approximate surface area is 207 Å². The molecule has 35 heavy (non-hydrogen) atoms. The molecule has 2 heterocycles. The molecule has 1 aliphatic rings. The van der Waals surface area contributed by atoms with Gasteiger partial charge in [0.05, 0.1) is 0 Å². The summed E-state index contributed by atoms with van der Waals surface area (Å²) in [7, 11) is 0. The molecule has 1 fully saturated rings. The molecule has 4 heteroatoms. The van der Waals surface area contributed by atoms with Gasteiger partial charge in [-0.2, -0.15) is 0 Å². The number of carbonyl (C=O) groups excluding carboxylic acids is 1. The Balaban J connectivity index is 1.25. The van der Waals surface area contributed by atoms with Crippen LogP contribution in [0, 0.1) is 6.92 Å². The average molecular weight is 464 g/mol. The zero-order chi connectivity index (χ0) is 24.0. The van der Waals surface area contributed by atoms with Gasteiger partial charge in [-0.05, 0) is 29.7 Å². The van der Waals surface area contributed by atoms with Crippen molar-refractivity contribution in [3.63, 3.8) is 0 Å². The maximum Gasteiger partial charge on any atom is 0.223 e. The monoisotopic (exact) mass is 463 g/mol. The third-order valence-electron chi connectivity index (χ3n) is 7.05. The van der Waals surface area contributed by atoms with Crippen LogP contribution in [0.5, 0.6) is 0 Å². The third kappa shape index (κ3) is 5.55. The Morgan fingerprint density at radius 1 is 0.914 bits per heavy atom.